The van der Waals surface area contributed by atoms with Crippen LogP contribution in [0.5, 0.6) is 0 Å². The van der Waals surface area contributed by atoms with Gasteiger partial charge in [0.25, 0.3) is 0 Å². The van der Waals surface area contributed by atoms with Gasteiger partial charge in [-0.2, -0.15) is 0 Å². The molecule has 1 aliphatic heterocycles. The van der Waals surface area contributed by atoms with E-state index in [-0.39, 0.29) is 11.9 Å². The van der Waals surface area contributed by atoms with Crippen molar-refractivity contribution in [3.8, 4) is 0 Å². The normalized spacial score (nSPS) is 21.3. The molecule has 1 saturated heterocycles. The maximum absolute atomic E-state index is 11.5. The molecule has 2 rings (SSSR count). The minimum Gasteiger partial charge on any atom is -0.344 e. The van der Waals surface area contributed by atoms with Gasteiger partial charge >= 0.3 is 0 Å². The molecule has 1 fully saturated rings. The summed E-state index contributed by atoms with van der Waals surface area (Å²) in [6, 6.07) is 0.0125. The van der Waals surface area contributed by atoms with Gasteiger partial charge in [0, 0.05) is 39.1 Å². The van der Waals surface area contributed by atoms with E-state index in [9.17, 15) is 4.79 Å². The second-order valence-electron chi connectivity index (χ2n) is 3.86. The van der Waals surface area contributed by atoms with Crippen molar-refractivity contribution in [2.75, 3.05) is 20.1 Å². The van der Waals surface area contributed by atoms with Gasteiger partial charge in [-0.15, -0.1) is 0 Å². The second kappa shape index (κ2) is 4.44. The maximum atomic E-state index is 11.5. The fourth-order valence-electron chi connectivity index (χ4n) is 1.80. The summed E-state index contributed by atoms with van der Waals surface area (Å²) < 4.78 is 2.00. The first kappa shape index (κ1) is 10.2. The first-order chi connectivity index (χ1) is 7.27. The molecule has 1 unspecified atom stereocenters. The molecule has 0 radical (unpaired) electrons. The molecule has 15 heavy (non-hydrogen) atoms. The van der Waals surface area contributed by atoms with Gasteiger partial charge in [-0.25, -0.2) is 4.98 Å². The molecular formula is C10H16N4O. The van der Waals surface area contributed by atoms with Crippen LogP contribution in [-0.2, 0) is 11.3 Å². The van der Waals surface area contributed by atoms with Crippen LogP contribution in [0.2, 0.25) is 0 Å². The van der Waals surface area contributed by atoms with Crippen LogP contribution in [0.15, 0.2) is 18.7 Å². The molecule has 5 nitrogen and oxygen atoms in total. The number of imidazole rings is 1. The number of hydrogen-bond donors (Lipinski definition) is 1. The number of nitrogens with one attached hydrogen (secondary N) is 1. The monoisotopic (exact) mass is 208 g/mol. The second-order valence-corrected chi connectivity index (χ2v) is 3.86. The summed E-state index contributed by atoms with van der Waals surface area (Å²) in [4.78, 5) is 17.3. The van der Waals surface area contributed by atoms with Gasteiger partial charge in [-0.05, 0) is 6.42 Å². The predicted molar refractivity (Wildman–Crippen MR) is 56.3 cm³/mol. The fraction of sp³-hybridized carbons (Fsp3) is 0.600. The number of likely N-dealkylation sites (N-methyl/N-ethyl adjacent to an activating group) is 1. The summed E-state index contributed by atoms with van der Waals surface area (Å²) in [6.45, 7) is 2.52. The Kier molecular flexibility index (Phi) is 3.01. The Morgan fingerprint density at radius 1 is 1.67 bits per heavy atom. The largest absolute Gasteiger partial charge is 0.344 e. The summed E-state index contributed by atoms with van der Waals surface area (Å²) in [5.41, 5.74) is 0. The summed E-state index contributed by atoms with van der Waals surface area (Å²) in [5.74, 6) is 0.209. The molecule has 1 aromatic rings. The van der Waals surface area contributed by atoms with Crippen molar-refractivity contribution in [2.24, 2.45) is 0 Å². The summed E-state index contributed by atoms with van der Waals surface area (Å²) in [7, 11) is 1.85. The molecule has 0 spiro atoms. The lowest BCUT2D eigenvalue weighted by Crippen LogP contribution is -2.38. The average molecular weight is 208 g/mol. The lowest BCUT2D eigenvalue weighted by molar-refractivity contribution is -0.128. The van der Waals surface area contributed by atoms with Crippen LogP contribution < -0.4 is 5.32 Å². The van der Waals surface area contributed by atoms with Crippen molar-refractivity contribution < 1.29 is 4.79 Å². The quantitative estimate of drug-likeness (QED) is 0.739. The average Bonchev–Trinajstić information content (AvgIpc) is 2.83. The van der Waals surface area contributed by atoms with Gasteiger partial charge in [0.15, 0.2) is 0 Å². The number of amides is 1. The van der Waals surface area contributed by atoms with Gasteiger partial charge in [-0.1, -0.05) is 0 Å². The van der Waals surface area contributed by atoms with Crippen LogP contribution >= 0.6 is 0 Å². The summed E-state index contributed by atoms with van der Waals surface area (Å²) in [5, 5.41) is 3.26. The van der Waals surface area contributed by atoms with Gasteiger partial charge in [0.1, 0.15) is 0 Å². The van der Waals surface area contributed by atoms with E-state index < -0.39 is 0 Å². The Morgan fingerprint density at radius 3 is 3.13 bits per heavy atom. The minimum absolute atomic E-state index is 0.0125. The first-order valence-electron chi connectivity index (χ1n) is 5.21. The van der Waals surface area contributed by atoms with Crippen molar-refractivity contribution in [3.05, 3.63) is 18.7 Å². The highest BCUT2D eigenvalue weighted by atomic mass is 16.2. The first-order valence-corrected chi connectivity index (χ1v) is 5.21. The molecule has 1 aliphatic rings. The van der Waals surface area contributed by atoms with E-state index >= 15 is 0 Å². The van der Waals surface area contributed by atoms with Gasteiger partial charge in [0.05, 0.1) is 12.4 Å². The molecule has 0 aromatic carbocycles. The topological polar surface area (TPSA) is 50.2 Å². The molecule has 1 atom stereocenters. The lowest BCUT2D eigenvalue weighted by Gasteiger charge is -2.12. The maximum Gasteiger partial charge on any atom is 0.239 e. The van der Waals surface area contributed by atoms with Crippen molar-refractivity contribution in [2.45, 2.75) is 19.0 Å². The number of carbonyl (C=O) groups excluding carboxylic acids is 1. The molecule has 0 aliphatic carbocycles. The summed E-state index contributed by atoms with van der Waals surface area (Å²) in [6.07, 6.45) is 6.38. The molecule has 1 amide bonds. The Hall–Kier alpha value is -1.36. The van der Waals surface area contributed by atoms with E-state index in [1.807, 2.05) is 17.8 Å². The number of aromatic nitrogens is 2. The Labute approximate surface area is 89.1 Å². The molecule has 2 heterocycles. The minimum atomic E-state index is 0.0125. The van der Waals surface area contributed by atoms with Gasteiger partial charge < -0.3 is 14.8 Å². The number of nitrogens with zero attached hydrogens (tertiary/aromatic N) is 3. The van der Waals surface area contributed by atoms with Gasteiger partial charge in [-0.3, -0.25) is 4.79 Å². The summed E-state index contributed by atoms with van der Waals surface area (Å²) >= 11 is 0. The van der Waals surface area contributed by atoms with Crippen LogP contribution in [0.25, 0.3) is 0 Å². The van der Waals surface area contributed by atoms with Crippen LogP contribution in [0.4, 0.5) is 0 Å². The lowest BCUT2D eigenvalue weighted by atomic mass is 10.2. The third-order valence-electron chi connectivity index (χ3n) is 2.75. The van der Waals surface area contributed by atoms with E-state index in [4.69, 9.17) is 0 Å². The zero-order valence-electron chi connectivity index (χ0n) is 8.89. The van der Waals surface area contributed by atoms with Crippen molar-refractivity contribution in [1.29, 1.82) is 0 Å². The Bertz CT molecular complexity index is 322. The molecule has 0 bridgehead atoms. The molecule has 0 saturated carbocycles. The highest BCUT2D eigenvalue weighted by Crippen LogP contribution is 2.07. The van der Waals surface area contributed by atoms with Crippen molar-refractivity contribution in [1.82, 2.24) is 19.8 Å². The highest BCUT2D eigenvalue weighted by molar-refractivity contribution is 5.83. The standard InChI is InChI=1S/C10H16N4O/c1-13-5-2-9(10(13)15)12-4-7-14-6-3-11-8-14/h3,6,8-9,12H,2,4-5,7H2,1H3. The van der Waals surface area contributed by atoms with E-state index in [1.165, 1.54) is 0 Å². The van der Waals surface area contributed by atoms with Crippen molar-refractivity contribution in [3.63, 3.8) is 0 Å². The number of carbonyl (C=O) groups is 1. The molecule has 5 heteroatoms. The van der Waals surface area contributed by atoms with E-state index in [2.05, 4.69) is 10.3 Å². The van der Waals surface area contributed by atoms with Crippen LogP contribution in [0, 0.1) is 0 Å². The predicted octanol–water partition coefficient (Wildman–Crippen LogP) is -0.297. The third-order valence-corrected chi connectivity index (χ3v) is 2.75. The van der Waals surface area contributed by atoms with Crippen LogP contribution in [0.1, 0.15) is 6.42 Å². The molecule has 82 valence electrons. The highest BCUT2D eigenvalue weighted by Gasteiger charge is 2.27. The Morgan fingerprint density at radius 2 is 2.53 bits per heavy atom. The number of likely N-dealkylation sites (tertiary alicyclic amines) is 1. The Balaban J connectivity index is 1.73. The van der Waals surface area contributed by atoms with Crippen LogP contribution in [-0.4, -0.2) is 46.5 Å². The SMILES string of the molecule is CN1CCC(NCCn2ccnc2)C1=O. The van der Waals surface area contributed by atoms with E-state index in [1.54, 1.807) is 17.4 Å². The number of hydrogen-bond acceptors (Lipinski definition) is 3. The van der Waals surface area contributed by atoms with Crippen molar-refractivity contribution >= 4 is 5.91 Å². The van der Waals surface area contributed by atoms with E-state index in [0.29, 0.717) is 0 Å². The molecule has 1 aromatic heterocycles. The smallest absolute Gasteiger partial charge is 0.239 e. The molecular weight excluding hydrogens is 192 g/mol. The van der Waals surface area contributed by atoms with E-state index in [0.717, 1.165) is 26.1 Å². The zero-order chi connectivity index (χ0) is 10.7. The fourth-order valence-corrected chi connectivity index (χ4v) is 1.80. The third kappa shape index (κ3) is 2.36. The number of rotatable bonds is 4. The van der Waals surface area contributed by atoms with Gasteiger partial charge in [0.2, 0.25) is 5.91 Å². The molecule has 1 N–H and O–H groups in total. The zero-order valence-corrected chi connectivity index (χ0v) is 8.89. The van der Waals surface area contributed by atoms with Crippen LogP contribution in [0.3, 0.4) is 0 Å².